The molecular weight excluding hydrogens is 450 g/mol. The zero-order chi connectivity index (χ0) is 26.2. The fourth-order valence-corrected chi connectivity index (χ4v) is 5.97. The average Bonchev–Trinajstić information content (AvgIpc) is 3.27. The highest BCUT2D eigenvalue weighted by molar-refractivity contribution is 5.85. The topological polar surface area (TPSA) is 66.8 Å². The smallest absolute Gasteiger partial charge is 0.337 e. The Hall–Kier alpha value is -2.66. The van der Waals surface area contributed by atoms with Crippen LogP contribution in [0.1, 0.15) is 98.8 Å². The average molecular weight is 492 g/mol. The molecule has 36 heavy (non-hydrogen) atoms. The number of carbonyl (C=O) groups excluding carboxylic acids is 1. The van der Waals surface area contributed by atoms with Crippen molar-refractivity contribution in [3.8, 4) is 11.1 Å². The highest BCUT2D eigenvalue weighted by atomic mass is 16.5. The fourth-order valence-electron chi connectivity index (χ4n) is 5.97. The third-order valence-corrected chi connectivity index (χ3v) is 7.85. The van der Waals surface area contributed by atoms with E-state index in [1.807, 2.05) is 39.5 Å². The Morgan fingerprint density at radius 3 is 2.11 bits per heavy atom. The van der Waals surface area contributed by atoms with Gasteiger partial charge in [-0.1, -0.05) is 49.1 Å². The lowest BCUT2D eigenvalue weighted by molar-refractivity contribution is -0.160. The van der Waals surface area contributed by atoms with Crippen molar-refractivity contribution in [1.82, 2.24) is 4.90 Å². The van der Waals surface area contributed by atoms with Crippen LogP contribution in [0.15, 0.2) is 24.3 Å². The number of hydrogen-bond acceptors (Lipinski definition) is 3. The molecule has 1 fully saturated rings. The number of rotatable bonds is 6. The van der Waals surface area contributed by atoms with Gasteiger partial charge in [-0.05, 0) is 93.7 Å². The van der Waals surface area contributed by atoms with Crippen LogP contribution in [0.3, 0.4) is 0 Å². The molecule has 1 atom stereocenters. The SMILES string of the molecule is Cc1ccc(-c2c(C)c3c(c(C)c2[C@H](OC(C)(C)C)C(=O)O)CN(C(=O)CC2CCCCC2)C3)cc1. The number of ether oxygens (including phenoxy) is 1. The molecule has 1 N–H and O–H groups in total. The van der Waals surface area contributed by atoms with Gasteiger partial charge in [-0.2, -0.15) is 0 Å². The van der Waals surface area contributed by atoms with Gasteiger partial charge < -0.3 is 14.7 Å². The van der Waals surface area contributed by atoms with E-state index in [2.05, 4.69) is 31.2 Å². The molecule has 2 aliphatic rings. The minimum absolute atomic E-state index is 0.219. The van der Waals surface area contributed by atoms with Crippen molar-refractivity contribution in [2.75, 3.05) is 0 Å². The van der Waals surface area contributed by atoms with Crippen molar-refractivity contribution in [3.05, 3.63) is 57.6 Å². The number of fused-ring (bicyclic) bond motifs is 1. The number of carbonyl (C=O) groups is 2. The summed E-state index contributed by atoms with van der Waals surface area (Å²) in [6, 6.07) is 8.23. The maximum absolute atomic E-state index is 13.3. The molecule has 0 spiro atoms. The van der Waals surface area contributed by atoms with E-state index in [1.165, 1.54) is 19.3 Å². The van der Waals surface area contributed by atoms with Crippen molar-refractivity contribution >= 4 is 11.9 Å². The summed E-state index contributed by atoms with van der Waals surface area (Å²) < 4.78 is 6.16. The van der Waals surface area contributed by atoms with Crippen LogP contribution in [0, 0.1) is 26.7 Å². The third kappa shape index (κ3) is 5.51. The standard InChI is InChI=1S/C31H41NO4/c1-19-12-14-23(15-13-19)27-20(2)24-17-32(26(33)16-22-10-8-7-9-11-22)18-25(24)21(3)28(27)29(30(34)35)36-31(4,5)6/h12-15,22,29H,7-11,16-18H2,1-6H3,(H,34,35)/t29-/m0/s1. The van der Waals surface area contributed by atoms with Gasteiger partial charge in [-0.15, -0.1) is 0 Å². The van der Waals surface area contributed by atoms with E-state index >= 15 is 0 Å². The first kappa shape index (κ1) is 26.4. The van der Waals surface area contributed by atoms with Gasteiger partial charge in [0.2, 0.25) is 5.91 Å². The molecule has 0 unspecified atom stereocenters. The van der Waals surface area contributed by atoms with Crippen molar-refractivity contribution in [3.63, 3.8) is 0 Å². The van der Waals surface area contributed by atoms with Crippen LogP contribution in [-0.4, -0.2) is 27.5 Å². The molecule has 1 amide bonds. The molecule has 1 aliphatic carbocycles. The number of aryl methyl sites for hydroxylation is 1. The second-order valence-corrected chi connectivity index (χ2v) is 11.8. The van der Waals surface area contributed by atoms with Crippen molar-refractivity contribution < 1.29 is 19.4 Å². The minimum Gasteiger partial charge on any atom is -0.479 e. The molecule has 2 aromatic rings. The summed E-state index contributed by atoms with van der Waals surface area (Å²) in [5, 5.41) is 10.3. The van der Waals surface area contributed by atoms with Crippen molar-refractivity contribution in [1.29, 1.82) is 0 Å². The number of amides is 1. The summed E-state index contributed by atoms with van der Waals surface area (Å²) in [6.07, 6.45) is 5.55. The molecule has 5 nitrogen and oxygen atoms in total. The number of carboxylic acids is 1. The molecule has 0 aromatic heterocycles. The Bertz CT molecular complexity index is 1140. The van der Waals surface area contributed by atoms with Crippen LogP contribution >= 0.6 is 0 Å². The first-order valence-corrected chi connectivity index (χ1v) is 13.4. The van der Waals surface area contributed by atoms with E-state index in [4.69, 9.17) is 4.74 Å². The first-order valence-electron chi connectivity index (χ1n) is 13.4. The van der Waals surface area contributed by atoms with E-state index in [0.29, 0.717) is 31.0 Å². The Kier molecular flexibility index (Phi) is 7.61. The number of benzene rings is 2. The lowest BCUT2D eigenvalue weighted by Crippen LogP contribution is -2.29. The molecule has 1 aliphatic heterocycles. The molecule has 1 heterocycles. The Labute approximate surface area is 215 Å². The predicted molar refractivity (Wildman–Crippen MR) is 143 cm³/mol. The number of hydrogen-bond donors (Lipinski definition) is 1. The summed E-state index contributed by atoms with van der Waals surface area (Å²) in [5.41, 5.74) is 7.34. The normalized spacial score (nSPS) is 17.2. The van der Waals surface area contributed by atoms with Gasteiger partial charge in [-0.3, -0.25) is 4.79 Å². The number of nitrogens with zero attached hydrogens (tertiary/aromatic N) is 1. The molecule has 4 rings (SSSR count). The van der Waals surface area contributed by atoms with Gasteiger partial charge in [0, 0.05) is 25.1 Å². The lowest BCUT2D eigenvalue weighted by Gasteiger charge is -2.29. The molecule has 0 radical (unpaired) electrons. The van der Waals surface area contributed by atoms with Crippen LogP contribution in [0.4, 0.5) is 0 Å². The predicted octanol–water partition coefficient (Wildman–Crippen LogP) is 7.03. The maximum atomic E-state index is 13.3. The van der Waals surface area contributed by atoms with Gasteiger partial charge in [0.15, 0.2) is 6.10 Å². The Morgan fingerprint density at radius 1 is 0.972 bits per heavy atom. The van der Waals surface area contributed by atoms with Gasteiger partial charge in [0.25, 0.3) is 0 Å². The molecule has 1 saturated carbocycles. The van der Waals surface area contributed by atoms with Gasteiger partial charge in [0.05, 0.1) is 5.60 Å². The summed E-state index contributed by atoms with van der Waals surface area (Å²) in [4.78, 5) is 27.9. The number of aliphatic carboxylic acids is 1. The summed E-state index contributed by atoms with van der Waals surface area (Å²) >= 11 is 0. The van der Waals surface area contributed by atoms with Crippen LogP contribution in [0.2, 0.25) is 0 Å². The lowest BCUT2D eigenvalue weighted by atomic mass is 9.83. The Morgan fingerprint density at radius 2 is 1.56 bits per heavy atom. The third-order valence-electron chi connectivity index (χ3n) is 7.85. The molecule has 5 heteroatoms. The van der Waals surface area contributed by atoms with E-state index < -0.39 is 17.7 Å². The van der Waals surface area contributed by atoms with E-state index in [0.717, 1.165) is 51.8 Å². The molecule has 0 bridgehead atoms. The zero-order valence-electron chi connectivity index (χ0n) is 22.7. The highest BCUT2D eigenvalue weighted by Crippen LogP contribution is 2.44. The van der Waals surface area contributed by atoms with E-state index in [-0.39, 0.29) is 5.91 Å². The Balaban J connectivity index is 1.79. The van der Waals surface area contributed by atoms with Crippen molar-refractivity contribution in [2.24, 2.45) is 5.92 Å². The summed E-state index contributed by atoms with van der Waals surface area (Å²) in [7, 11) is 0. The van der Waals surface area contributed by atoms with E-state index in [1.54, 1.807) is 0 Å². The first-order chi connectivity index (χ1) is 17.0. The summed E-state index contributed by atoms with van der Waals surface area (Å²) in [6.45, 7) is 12.9. The summed E-state index contributed by atoms with van der Waals surface area (Å²) in [5.74, 6) is -0.285. The van der Waals surface area contributed by atoms with Gasteiger partial charge in [0.1, 0.15) is 0 Å². The monoisotopic (exact) mass is 491 g/mol. The zero-order valence-corrected chi connectivity index (χ0v) is 22.7. The molecule has 2 aromatic carbocycles. The second kappa shape index (κ2) is 10.4. The van der Waals surface area contributed by atoms with E-state index in [9.17, 15) is 14.7 Å². The number of carboxylic acid groups (broad SMARTS) is 1. The van der Waals surface area contributed by atoms with Crippen LogP contribution < -0.4 is 0 Å². The van der Waals surface area contributed by atoms with Crippen LogP contribution in [-0.2, 0) is 27.4 Å². The fraction of sp³-hybridized carbons (Fsp3) is 0.548. The largest absolute Gasteiger partial charge is 0.479 e. The highest BCUT2D eigenvalue weighted by Gasteiger charge is 2.36. The molecule has 194 valence electrons. The molecular formula is C31H41NO4. The quantitative estimate of drug-likeness (QED) is 0.471. The molecule has 0 saturated heterocycles. The second-order valence-electron chi connectivity index (χ2n) is 11.8. The van der Waals surface area contributed by atoms with Crippen LogP contribution in [0.5, 0.6) is 0 Å². The van der Waals surface area contributed by atoms with Crippen molar-refractivity contribution in [2.45, 2.75) is 105 Å². The van der Waals surface area contributed by atoms with Gasteiger partial charge >= 0.3 is 5.97 Å². The van der Waals surface area contributed by atoms with Crippen LogP contribution in [0.25, 0.3) is 11.1 Å². The minimum atomic E-state index is -1.10. The maximum Gasteiger partial charge on any atom is 0.337 e. The van der Waals surface area contributed by atoms with Gasteiger partial charge in [-0.25, -0.2) is 4.79 Å².